The standard InChI is InChI=1S/C44H59N7O9/c1-5-37(52)28-18-16-27(17-19-28)24-45-42(56)49-46-25-29(23-38(60-58)44(2,3)4)47-40(54)36-15-10-22-50-39(53)21-20-35(41(55)51(36)50)48-43(57)59-26-34-32-13-8-6-11-30(32)31-12-7-9-14-33(31)34/h6-9,11-14,25,27-29,34-36,38,58H,5,10,15-24,26H2,1-4H3,(H,47,54)(H,48,57)(H2,45,49,56)/b46-25+/t27?,28?,29-,35-,36-,38?/m0/s1. The molecule has 2 heterocycles. The zero-order chi connectivity index (χ0) is 43.0. The van der Waals surface area contributed by atoms with Crippen molar-refractivity contribution < 1.29 is 43.6 Å². The minimum Gasteiger partial charge on any atom is -0.449 e. The molecule has 0 spiro atoms. The first kappa shape index (κ1) is 44.2. The van der Waals surface area contributed by atoms with Gasteiger partial charge in [0.05, 0.1) is 12.1 Å². The van der Waals surface area contributed by atoms with E-state index in [0.717, 1.165) is 52.9 Å². The largest absolute Gasteiger partial charge is 0.449 e. The average Bonchev–Trinajstić information content (AvgIpc) is 3.51. The van der Waals surface area contributed by atoms with Gasteiger partial charge in [-0.25, -0.2) is 24.9 Å². The molecule has 0 radical (unpaired) electrons. The van der Waals surface area contributed by atoms with Crippen molar-refractivity contribution in [3.63, 3.8) is 0 Å². The fourth-order valence-electron chi connectivity index (χ4n) is 8.85. The lowest BCUT2D eigenvalue weighted by Gasteiger charge is -2.43. The minimum absolute atomic E-state index is 0.0209. The van der Waals surface area contributed by atoms with Gasteiger partial charge in [0.15, 0.2) is 0 Å². The Bertz CT molecular complexity index is 1880. The number of ether oxygens (including phenoxy) is 1. The Kier molecular flexibility index (Phi) is 14.6. The molecule has 2 aliphatic carbocycles. The summed E-state index contributed by atoms with van der Waals surface area (Å²) in [4.78, 5) is 84.6. The van der Waals surface area contributed by atoms with Gasteiger partial charge in [-0.15, -0.1) is 0 Å². The zero-order valence-electron chi connectivity index (χ0n) is 35.0. The monoisotopic (exact) mass is 829 g/mol. The summed E-state index contributed by atoms with van der Waals surface area (Å²) in [5.41, 5.74) is 6.11. The summed E-state index contributed by atoms with van der Waals surface area (Å²) < 4.78 is 5.72. The number of nitrogens with zero attached hydrogens (tertiary/aromatic N) is 3. The SMILES string of the molecule is CCC(=O)C1CCC(CNC(=O)N/N=C/[C@H](CC(OO)C(C)(C)C)NC(=O)[C@@H]2CCCN3C(=O)CC[C@H](NC(=O)OCC4c5ccccc5-c5ccccc54)C(=O)N23)CC1. The number of fused-ring (bicyclic) bond motifs is 4. The van der Waals surface area contributed by atoms with E-state index in [1.807, 2.05) is 76.2 Å². The number of hydrazine groups is 1. The molecule has 4 aliphatic rings. The smallest absolute Gasteiger partial charge is 0.407 e. The number of benzene rings is 2. The second-order valence-corrected chi connectivity index (χ2v) is 17.4. The first-order valence-electron chi connectivity index (χ1n) is 21.2. The molecular weight excluding hydrogens is 771 g/mol. The fourth-order valence-corrected chi connectivity index (χ4v) is 8.85. The lowest BCUT2D eigenvalue weighted by atomic mass is 9.79. The highest BCUT2D eigenvalue weighted by Gasteiger charge is 2.45. The van der Waals surface area contributed by atoms with Crippen LogP contribution in [-0.4, -0.2) is 101 Å². The number of hydrogen-bond donors (Lipinski definition) is 5. The fraction of sp³-hybridized carbons (Fsp3) is 0.568. The van der Waals surface area contributed by atoms with E-state index >= 15 is 0 Å². The quantitative estimate of drug-likeness (QED) is 0.0954. The zero-order valence-corrected chi connectivity index (χ0v) is 35.0. The van der Waals surface area contributed by atoms with E-state index in [1.165, 1.54) is 11.2 Å². The normalized spacial score (nSPS) is 22.8. The van der Waals surface area contributed by atoms with Crippen LogP contribution in [0, 0.1) is 17.3 Å². The van der Waals surface area contributed by atoms with Crippen LogP contribution < -0.4 is 21.4 Å². The number of hydrogen-bond acceptors (Lipinski definition) is 10. The molecule has 1 unspecified atom stereocenters. The average molecular weight is 830 g/mol. The molecule has 324 valence electrons. The van der Waals surface area contributed by atoms with Crippen LogP contribution in [-0.2, 0) is 28.8 Å². The Labute approximate surface area is 351 Å². The predicted molar refractivity (Wildman–Crippen MR) is 222 cm³/mol. The van der Waals surface area contributed by atoms with E-state index in [9.17, 15) is 34.0 Å². The molecule has 2 aliphatic heterocycles. The number of carbonyl (C=O) groups is 6. The topological polar surface area (TPSA) is 208 Å². The van der Waals surface area contributed by atoms with Gasteiger partial charge in [0.1, 0.15) is 24.5 Å². The molecule has 60 heavy (non-hydrogen) atoms. The number of rotatable bonds is 14. The Balaban J connectivity index is 1.09. The van der Waals surface area contributed by atoms with E-state index in [-0.39, 0.29) is 68.3 Å². The highest BCUT2D eigenvalue weighted by atomic mass is 17.1. The van der Waals surface area contributed by atoms with E-state index in [1.54, 1.807) is 0 Å². The number of Topliss-reactive ketones (excluding diaryl/α,β-unsaturated/α-hetero) is 1. The molecule has 5 N–H and O–H groups in total. The van der Waals surface area contributed by atoms with Gasteiger partial charge in [0.2, 0.25) is 11.8 Å². The predicted octanol–water partition coefficient (Wildman–Crippen LogP) is 5.27. The van der Waals surface area contributed by atoms with E-state index in [4.69, 9.17) is 9.62 Å². The summed E-state index contributed by atoms with van der Waals surface area (Å²) in [6.07, 6.45) is 4.32. The first-order valence-corrected chi connectivity index (χ1v) is 21.2. The number of ketones is 1. The maximum atomic E-state index is 14.2. The maximum Gasteiger partial charge on any atom is 0.407 e. The molecule has 4 atom stereocenters. The highest BCUT2D eigenvalue weighted by molar-refractivity contribution is 5.95. The van der Waals surface area contributed by atoms with Gasteiger partial charge in [-0.1, -0.05) is 76.2 Å². The minimum atomic E-state index is -1.13. The summed E-state index contributed by atoms with van der Waals surface area (Å²) in [7, 11) is 0. The van der Waals surface area contributed by atoms with Gasteiger partial charge in [0, 0.05) is 50.4 Å². The van der Waals surface area contributed by atoms with Crippen LogP contribution in [0.5, 0.6) is 0 Å². The van der Waals surface area contributed by atoms with Gasteiger partial charge in [-0.2, -0.15) is 5.10 Å². The van der Waals surface area contributed by atoms with Crippen LogP contribution in [0.15, 0.2) is 53.6 Å². The van der Waals surface area contributed by atoms with Crippen LogP contribution >= 0.6 is 0 Å². The van der Waals surface area contributed by atoms with Gasteiger partial charge >= 0.3 is 12.1 Å². The van der Waals surface area contributed by atoms with E-state index in [2.05, 4.69) is 26.5 Å². The second-order valence-electron chi connectivity index (χ2n) is 17.4. The Hall–Kier alpha value is -5.35. The van der Waals surface area contributed by atoms with Crippen molar-refractivity contribution in [2.45, 2.75) is 122 Å². The maximum absolute atomic E-state index is 14.2. The lowest BCUT2D eigenvalue weighted by molar-refractivity contribution is -0.301. The number of alkyl carbamates (subject to hydrolysis) is 1. The molecule has 2 aromatic carbocycles. The number of carbonyl (C=O) groups excluding carboxylic acids is 6. The number of nitrogens with one attached hydrogen (secondary N) is 4. The van der Waals surface area contributed by atoms with Gasteiger partial charge < -0.3 is 20.7 Å². The number of urea groups is 1. The summed E-state index contributed by atoms with van der Waals surface area (Å²) in [5.74, 6) is -1.12. The van der Waals surface area contributed by atoms with Crippen molar-refractivity contribution in [2.75, 3.05) is 19.7 Å². The van der Waals surface area contributed by atoms with Crippen molar-refractivity contribution in [3.8, 4) is 11.1 Å². The molecule has 16 heteroatoms. The Morgan fingerprint density at radius 2 is 1.62 bits per heavy atom. The molecular formula is C44H59N7O9. The van der Waals surface area contributed by atoms with Crippen LogP contribution in [0.4, 0.5) is 9.59 Å². The highest BCUT2D eigenvalue weighted by Crippen LogP contribution is 2.44. The Morgan fingerprint density at radius 1 is 0.950 bits per heavy atom. The molecule has 3 fully saturated rings. The lowest BCUT2D eigenvalue weighted by Crippen LogP contribution is -2.64. The van der Waals surface area contributed by atoms with Gasteiger partial charge in [-0.05, 0) is 78.5 Å². The third-order valence-corrected chi connectivity index (χ3v) is 12.3. The van der Waals surface area contributed by atoms with Crippen molar-refractivity contribution in [2.24, 2.45) is 22.4 Å². The van der Waals surface area contributed by atoms with Crippen LogP contribution in [0.3, 0.4) is 0 Å². The number of amides is 6. The second kappa shape index (κ2) is 19.8. The molecule has 0 bridgehead atoms. The Morgan fingerprint density at radius 3 is 2.25 bits per heavy atom. The molecule has 6 amide bonds. The van der Waals surface area contributed by atoms with Crippen molar-refractivity contribution in [1.82, 2.24) is 31.4 Å². The summed E-state index contributed by atoms with van der Waals surface area (Å²) >= 11 is 0. The summed E-state index contributed by atoms with van der Waals surface area (Å²) in [6.45, 7) is 8.12. The van der Waals surface area contributed by atoms with Crippen LogP contribution in [0.25, 0.3) is 11.1 Å². The van der Waals surface area contributed by atoms with Crippen molar-refractivity contribution in [3.05, 3.63) is 59.7 Å². The summed E-state index contributed by atoms with van der Waals surface area (Å²) in [5, 5.41) is 24.7. The molecule has 0 aromatic heterocycles. The van der Waals surface area contributed by atoms with Crippen LogP contribution in [0.1, 0.15) is 109 Å². The molecule has 6 rings (SSSR count). The van der Waals surface area contributed by atoms with Crippen molar-refractivity contribution >= 4 is 41.8 Å². The summed E-state index contributed by atoms with van der Waals surface area (Å²) in [6, 6.07) is 12.2. The van der Waals surface area contributed by atoms with E-state index in [0.29, 0.717) is 19.4 Å². The first-order chi connectivity index (χ1) is 28.8. The van der Waals surface area contributed by atoms with Crippen molar-refractivity contribution in [1.29, 1.82) is 0 Å². The molecule has 2 aromatic rings. The molecule has 16 nitrogen and oxygen atoms in total. The van der Waals surface area contributed by atoms with E-state index < -0.39 is 53.6 Å². The van der Waals surface area contributed by atoms with Crippen LogP contribution in [0.2, 0.25) is 0 Å². The number of hydrazone groups is 1. The third-order valence-electron chi connectivity index (χ3n) is 12.3. The van der Waals surface area contributed by atoms with Gasteiger partial charge in [0.25, 0.3) is 5.91 Å². The van der Waals surface area contributed by atoms with Gasteiger partial charge in [-0.3, -0.25) is 29.4 Å². The molecule has 2 saturated heterocycles. The molecule has 1 saturated carbocycles. The third kappa shape index (κ3) is 10.5.